The van der Waals surface area contributed by atoms with Crippen molar-refractivity contribution in [3.8, 4) is 0 Å². The molecule has 2 unspecified atom stereocenters. The molecule has 0 radical (unpaired) electrons. The molecule has 0 aromatic rings. The number of hydrogen-bond donors (Lipinski definition) is 3. The Morgan fingerprint density at radius 3 is 2.20 bits per heavy atom. The van der Waals surface area contributed by atoms with Crippen LogP contribution in [0.25, 0.3) is 0 Å². The van der Waals surface area contributed by atoms with Gasteiger partial charge in [-0.25, -0.2) is 0 Å². The molecule has 3 N–H and O–H groups in total. The molecule has 174 valence electrons. The van der Waals surface area contributed by atoms with E-state index in [-0.39, 0.29) is 25.2 Å². The van der Waals surface area contributed by atoms with Crippen molar-refractivity contribution in [1.82, 2.24) is 0 Å². The van der Waals surface area contributed by atoms with E-state index in [1.807, 2.05) is 27.7 Å². The summed E-state index contributed by atoms with van der Waals surface area (Å²) in [5, 5.41) is 10.4. The number of rotatable bonds is 9. The first-order valence-corrected chi connectivity index (χ1v) is 12.5. The van der Waals surface area contributed by atoms with Crippen LogP contribution < -0.4 is 0 Å². The third-order valence-electron chi connectivity index (χ3n) is 5.40. The Balaban J connectivity index is 1.63. The quantitative estimate of drug-likeness (QED) is 0.280. The molecule has 0 aliphatic carbocycles. The Morgan fingerprint density at radius 1 is 0.933 bits per heavy atom. The molecule has 3 fully saturated rings. The predicted molar refractivity (Wildman–Crippen MR) is 113 cm³/mol. The van der Waals surface area contributed by atoms with E-state index in [0.29, 0.717) is 6.61 Å². The van der Waals surface area contributed by atoms with Crippen molar-refractivity contribution < 1.29 is 47.4 Å². The summed E-state index contributed by atoms with van der Waals surface area (Å²) in [6.07, 6.45) is -4.14. The van der Waals surface area contributed by atoms with Gasteiger partial charge in [-0.15, -0.1) is 0 Å². The van der Waals surface area contributed by atoms with Crippen LogP contribution in [-0.2, 0) is 32.5 Å². The fourth-order valence-corrected chi connectivity index (χ4v) is 5.83. The van der Waals surface area contributed by atoms with E-state index >= 15 is 0 Å². The van der Waals surface area contributed by atoms with Crippen LogP contribution in [0.1, 0.15) is 27.7 Å². The van der Waals surface area contributed by atoms with Crippen LogP contribution in [0.4, 0.5) is 0 Å². The molecule has 3 aliphatic rings. The SMILES string of the molecule is B[C@@H]1O[C@H](COP2(O)(O)OC3[C@@H](COC(C)C)O[C@@H](B)[C@H]3O2)C(OCC(C)C)[C@@H]1O. The Bertz CT molecular complexity index is 597. The van der Waals surface area contributed by atoms with Gasteiger partial charge < -0.3 is 0 Å². The van der Waals surface area contributed by atoms with E-state index in [1.165, 1.54) is 0 Å². The number of hydrogen-bond acceptors (Lipinski definition) is 10. The maximum atomic E-state index is 10.8. The predicted octanol–water partition coefficient (Wildman–Crippen LogP) is -1.56. The minimum absolute atomic E-state index is 0.00397. The van der Waals surface area contributed by atoms with Crippen molar-refractivity contribution >= 4 is 23.4 Å². The monoisotopic (exact) mass is 452 g/mol. The van der Waals surface area contributed by atoms with Gasteiger partial charge in [0.05, 0.1) is 0 Å². The van der Waals surface area contributed by atoms with E-state index in [9.17, 15) is 14.9 Å². The molecule has 0 bridgehead atoms. The Hall–Kier alpha value is 0.160. The van der Waals surface area contributed by atoms with Crippen LogP contribution in [0.3, 0.4) is 0 Å². The van der Waals surface area contributed by atoms with Gasteiger partial charge >= 0.3 is 179 Å². The van der Waals surface area contributed by atoms with Crippen molar-refractivity contribution in [1.29, 1.82) is 0 Å². The second-order valence-corrected chi connectivity index (χ2v) is 11.3. The van der Waals surface area contributed by atoms with E-state index in [0.717, 1.165) is 0 Å². The summed E-state index contributed by atoms with van der Waals surface area (Å²) in [4.78, 5) is 21.7. The van der Waals surface area contributed by atoms with Crippen molar-refractivity contribution in [2.24, 2.45) is 5.92 Å². The van der Waals surface area contributed by atoms with Crippen molar-refractivity contribution in [3.63, 3.8) is 0 Å². The molecule has 10 nitrogen and oxygen atoms in total. The summed E-state index contributed by atoms with van der Waals surface area (Å²) in [7, 11) is -1.85. The molecule has 0 aromatic carbocycles. The second-order valence-electron chi connectivity index (χ2n) is 9.06. The molecule has 0 aromatic heterocycles. The summed E-state index contributed by atoms with van der Waals surface area (Å²) in [5.41, 5.74) is 0. The van der Waals surface area contributed by atoms with Crippen LogP contribution in [-0.4, -0.2) is 105 Å². The summed E-state index contributed by atoms with van der Waals surface area (Å²) in [5.74, 6) is 0.268. The van der Waals surface area contributed by atoms with Gasteiger partial charge in [0.25, 0.3) is 0 Å². The van der Waals surface area contributed by atoms with E-state index in [2.05, 4.69) is 0 Å². The third-order valence-corrected chi connectivity index (χ3v) is 7.19. The van der Waals surface area contributed by atoms with Crippen LogP contribution >= 0.6 is 7.74 Å². The summed E-state index contributed by atoms with van der Waals surface area (Å²) in [6, 6.07) is -0.897. The fourth-order valence-electron chi connectivity index (χ4n) is 3.87. The molecule has 8 atom stereocenters. The zero-order chi connectivity index (χ0) is 22.3. The number of ether oxygens (including phenoxy) is 4. The topological polar surface area (TPSA) is 125 Å². The number of fused-ring (bicyclic) bond motifs is 1. The van der Waals surface area contributed by atoms with E-state index in [1.54, 1.807) is 15.7 Å². The first-order chi connectivity index (χ1) is 13.9. The molecular weight excluding hydrogens is 417 g/mol. The fraction of sp³-hybridized carbons (Fsp3) is 1.00. The Kier molecular flexibility index (Phi) is 7.60. The van der Waals surface area contributed by atoms with Crippen molar-refractivity contribution in [3.05, 3.63) is 0 Å². The second kappa shape index (κ2) is 9.19. The van der Waals surface area contributed by atoms with Gasteiger partial charge in [-0.2, -0.15) is 0 Å². The van der Waals surface area contributed by atoms with Gasteiger partial charge in [-0.3, -0.25) is 0 Å². The average molecular weight is 452 g/mol. The van der Waals surface area contributed by atoms with Crippen LogP contribution in [0.15, 0.2) is 0 Å². The minimum atomic E-state index is -5.35. The molecule has 30 heavy (non-hydrogen) atoms. The third kappa shape index (κ3) is 5.55. The Labute approximate surface area is 179 Å². The van der Waals surface area contributed by atoms with Gasteiger partial charge in [0, 0.05) is 0 Å². The van der Waals surface area contributed by atoms with Crippen LogP contribution in [0.2, 0.25) is 0 Å². The molecule has 0 saturated carbocycles. The zero-order valence-electron chi connectivity index (χ0n) is 18.5. The number of aliphatic hydroxyl groups excluding tert-OH is 1. The molecule has 3 rings (SSSR count). The average Bonchev–Trinajstić information content (AvgIpc) is 3.19. The molecule has 3 aliphatic heterocycles. The first-order valence-electron chi connectivity index (χ1n) is 10.6. The van der Waals surface area contributed by atoms with Gasteiger partial charge in [0.1, 0.15) is 0 Å². The van der Waals surface area contributed by atoms with Gasteiger partial charge in [0.15, 0.2) is 0 Å². The molecule has 0 amide bonds. The molecule has 3 heterocycles. The van der Waals surface area contributed by atoms with E-state index < -0.39 is 56.4 Å². The normalized spacial score (nSPS) is 43.7. The van der Waals surface area contributed by atoms with Crippen molar-refractivity contribution in [2.75, 3.05) is 19.8 Å². The summed E-state index contributed by atoms with van der Waals surface area (Å²) >= 11 is 0. The summed E-state index contributed by atoms with van der Waals surface area (Å²) in [6.45, 7) is 8.19. The first kappa shape index (κ1) is 24.8. The zero-order valence-corrected chi connectivity index (χ0v) is 19.4. The molecular formula is C17H35B2O10P. The Morgan fingerprint density at radius 2 is 1.57 bits per heavy atom. The standard InChI is InChI=1S/C17H35B2O10P/c1-8(2)5-24-13-11(26-16(18)12(13)20)7-25-30(21,22)28-14-10(6-23-9(3)4)27-17(19)15(14)29-30/h8-17,20-22H,5-7,18-19H2,1-4H3/t10-,11-,12+,13?,14?,15+,16-,17-/m1/s1. The molecule has 3 saturated heterocycles. The van der Waals surface area contributed by atoms with Crippen molar-refractivity contribution in [2.45, 2.75) is 82.4 Å². The maximum absolute atomic E-state index is 10.8. The molecule has 13 heteroatoms. The molecule has 0 spiro atoms. The van der Waals surface area contributed by atoms with Gasteiger partial charge in [-0.05, 0) is 0 Å². The van der Waals surface area contributed by atoms with Crippen LogP contribution in [0.5, 0.6) is 0 Å². The van der Waals surface area contributed by atoms with Crippen LogP contribution in [0, 0.1) is 5.92 Å². The van der Waals surface area contributed by atoms with Gasteiger partial charge in [0.2, 0.25) is 0 Å². The van der Waals surface area contributed by atoms with E-state index in [4.69, 9.17) is 32.5 Å². The van der Waals surface area contributed by atoms with Gasteiger partial charge in [-0.1, -0.05) is 0 Å². The summed E-state index contributed by atoms with van der Waals surface area (Å²) < 4.78 is 39.4. The number of aliphatic hydroxyl groups is 1.